The number of amides is 1. The van der Waals surface area contributed by atoms with Gasteiger partial charge in [-0.15, -0.1) is 0 Å². The SMILES string of the molecule is CC(=O)CCC(=O)NC1BCc2c(cccc2C(=O)OCOC(=O)c2ccc(F)cc2)C1. The highest BCUT2D eigenvalue weighted by atomic mass is 19.1. The molecular weight excluding hydrogens is 416 g/mol. The van der Waals surface area contributed by atoms with E-state index in [0.29, 0.717) is 25.6 Å². The first kappa shape index (κ1) is 23.2. The van der Waals surface area contributed by atoms with Gasteiger partial charge in [0.25, 0.3) is 0 Å². The Morgan fingerprint density at radius 2 is 1.75 bits per heavy atom. The van der Waals surface area contributed by atoms with Crippen molar-refractivity contribution in [2.24, 2.45) is 0 Å². The number of nitrogens with one attached hydrogen (secondary N) is 1. The Morgan fingerprint density at radius 3 is 2.47 bits per heavy atom. The van der Waals surface area contributed by atoms with Gasteiger partial charge in [0.2, 0.25) is 12.7 Å². The second-order valence-electron chi connectivity index (χ2n) is 7.64. The molecule has 0 fully saturated rings. The third-order valence-corrected chi connectivity index (χ3v) is 5.23. The van der Waals surface area contributed by atoms with Gasteiger partial charge in [-0.05, 0) is 61.1 Å². The summed E-state index contributed by atoms with van der Waals surface area (Å²) in [5.74, 6) is -2.06. The third-order valence-electron chi connectivity index (χ3n) is 5.23. The minimum absolute atomic E-state index is 0.0272. The van der Waals surface area contributed by atoms with E-state index < -0.39 is 24.5 Å². The third kappa shape index (κ3) is 6.26. The molecule has 1 N–H and O–H groups in total. The lowest BCUT2D eigenvalue weighted by Crippen LogP contribution is -2.44. The van der Waals surface area contributed by atoms with Crippen LogP contribution in [0.25, 0.3) is 0 Å². The summed E-state index contributed by atoms with van der Waals surface area (Å²) in [6.45, 7) is 0.891. The molecule has 1 aliphatic heterocycles. The van der Waals surface area contributed by atoms with E-state index in [1.165, 1.54) is 19.1 Å². The maximum atomic E-state index is 12.9. The van der Waals surface area contributed by atoms with Crippen LogP contribution in [-0.4, -0.2) is 43.6 Å². The highest BCUT2D eigenvalue weighted by Crippen LogP contribution is 2.22. The largest absolute Gasteiger partial charge is 0.424 e. The molecule has 3 rings (SSSR count). The highest BCUT2D eigenvalue weighted by molar-refractivity contribution is 6.38. The molecule has 0 aromatic heterocycles. The quantitative estimate of drug-likeness (QED) is 0.384. The van der Waals surface area contributed by atoms with Crippen molar-refractivity contribution < 1.29 is 33.0 Å². The first-order valence-electron chi connectivity index (χ1n) is 10.3. The van der Waals surface area contributed by atoms with Crippen molar-refractivity contribution >= 4 is 30.9 Å². The number of ether oxygens (including phenoxy) is 2. The summed E-state index contributed by atoms with van der Waals surface area (Å²) in [7, 11) is 0.655. The Hall–Kier alpha value is -3.49. The molecule has 1 heterocycles. The van der Waals surface area contributed by atoms with Crippen LogP contribution in [0.2, 0.25) is 0 Å². The maximum Gasteiger partial charge on any atom is 0.341 e. The van der Waals surface area contributed by atoms with Crippen molar-refractivity contribution in [2.45, 2.75) is 38.4 Å². The molecule has 2 aromatic carbocycles. The molecule has 166 valence electrons. The average molecular weight is 439 g/mol. The van der Waals surface area contributed by atoms with Crippen LogP contribution in [0.5, 0.6) is 0 Å². The van der Waals surface area contributed by atoms with Gasteiger partial charge in [-0.25, -0.2) is 14.0 Å². The summed E-state index contributed by atoms with van der Waals surface area (Å²) in [5, 5.41) is 2.94. The number of ketones is 1. The number of hydrogen-bond donors (Lipinski definition) is 1. The Morgan fingerprint density at radius 1 is 1.03 bits per heavy atom. The number of carbonyl (C=O) groups excluding carboxylic acids is 4. The zero-order valence-electron chi connectivity index (χ0n) is 17.7. The number of Topliss-reactive ketones (excluding diaryl/α,β-unsaturated/α-hetero) is 1. The van der Waals surface area contributed by atoms with Crippen LogP contribution in [0.1, 0.15) is 51.6 Å². The fraction of sp³-hybridized carbons (Fsp3) is 0.304. The molecule has 1 amide bonds. The predicted octanol–water partition coefficient (Wildman–Crippen LogP) is 2.10. The van der Waals surface area contributed by atoms with E-state index in [2.05, 4.69) is 5.32 Å². The summed E-state index contributed by atoms with van der Waals surface area (Å²) < 4.78 is 23.0. The lowest BCUT2D eigenvalue weighted by atomic mass is 9.57. The molecule has 1 unspecified atom stereocenters. The molecule has 0 aliphatic carbocycles. The molecule has 1 aliphatic rings. The Balaban J connectivity index is 1.54. The van der Waals surface area contributed by atoms with Gasteiger partial charge in [-0.3, -0.25) is 4.79 Å². The van der Waals surface area contributed by atoms with Crippen LogP contribution >= 0.6 is 0 Å². The van der Waals surface area contributed by atoms with Crippen LogP contribution in [-0.2, 0) is 31.8 Å². The number of fused-ring (bicyclic) bond motifs is 1. The second-order valence-corrected chi connectivity index (χ2v) is 7.64. The van der Waals surface area contributed by atoms with E-state index in [0.717, 1.165) is 23.3 Å². The minimum Gasteiger partial charge on any atom is -0.424 e. The van der Waals surface area contributed by atoms with Gasteiger partial charge in [0.05, 0.1) is 11.1 Å². The van der Waals surface area contributed by atoms with E-state index in [1.54, 1.807) is 12.1 Å². The number of carbonyl (C=O) groups is 4. The Labute approximate surface area is 185 Å². The topological polar surface area (TPSA) is 98.8 Å². The van der Waals surface area contributed by atoms with Crippen molar-refractivity contribution in [3.63, 3.8) is 0 Å². The summed E-state index contributed by atoms with van der Waals surface area (Å²) in [5.41, 5.74) is 2.32. The molecule has 2 aromatic rings. The molecular formula is C23H23BFNO6. The number of benzene rings is 2. The minimum atomic E-state index is -0.726. The molecule has 9 heteroatoms. The van der Waals surface area contributed by atoms with Gasteiger partial charge in [0.15, 0.2) is 7.28 Å². The molecule has 32 heavy (non-hydrogen) atoms. The van der Waals surface area contributed by atoms with Crippen LogP contribution in [0, 0.1) is 5.82 Å². The van der Waals surface area contributed by atoms with Crippen molar-refractivity contribution in [1.82, 2.24) is 5.32 Å². The molecule has 0 bridgehead atoms. The fourth-order valence-electron chi connectivity index (χ4n) is 3.59. The van der Waals surface area contributed by atoms with Gasteiger partial charge < -0.3 is 19.6 Å². The van der Waals surface area contributed by atoms with Crippen LogP contribution < -0.4 is 5.32 Å². The van der Waals surface area contributed by atoms with Crippen LogP contribution in [0.4, 0.5) is 4.39 Å². The van der Waals surface area contributed by atoms with Crippen molar-refractivity contribution in [3.05, 3.63) is 70.5 Å². The van der Waals surface area contributed by atoms with Gasteiger partial charge in [0, 0.05) is 18.8 Å². The smallest absolute Gasteiger partial charge is 0.341 e. The zero-order chi connectivity index (χ0) is 23.1. The monoisotopic (exact) mass is 439 g/mol. The van der Waals surface area contributed by atoms with E-state index in [9.17, 15) is 23.6 Å². The highest BCUT2D eigenvalue weighted by Gasteiger charge is 2.25. The average Bonchev–Trinajstić information content (AvgIpc) is 2.77. The van der Waals surface area contributed by atoms with Crippen molar-refractivity contribution in [2.75, 3.05) is 6.79 Å². The number of rotatable bonds is 8. The van der Waals surface area contributed by atoms with Crippen LogP contribution in [0.3, 0.4) is 0 Å². The molecule has 1 atom stereocenters. The molecule has 7 nitrogen and oxygen atoms in total. The normalized spacial score (nSPS) is 14.5. The molecule has 0 saturated heterocycles. The molecule has 0 saturated carbocycles. The molecule has 0 spiro atoms. The predicted molar refractivity (Wildman–Crippen MR) is 115 cm³/mol. The van der Waals surface area contributed by atoms with E-state index in [-0.39, 0.29) is 36.0 Å². The van der Waals surface area contributed by atoms with E-state index in [1.807, 2.05) is 6.07 Å². The first-order chi connectivity index (χ1) is 15.3. The maximum absolute atomic E-state index is 12.9. The summed E-state index contributed by atoms with van der Waals surface area (Å²) in [6.07, 6.45) is 1.54. The fourth-order valence-corrected chi connectivity index (χ4v) is 3.59. The summed E-state index contributed by atoms with van der Waals surface area (Å²) >= 11 is 0. The molecule has 0 radical (unpaired) electrons. The Bertz CT molecular complexity index is 1020. The first-order valence-corrected chi connectivity index (χ1v) is 10.3. The van der Waals surface area contributed by atoms with Crippen LogP contribution in [0.15, 0.2) is 42.5 Å². The lowest BCUT2D eigenvalue weighted by molar-refractivity contribution is -0.124. The van der Waals surface area contributed by atoms with Gasteiger partial charge in [-0.1, -0.05) is 12.1 Å². The van der Waals surface area contributed by atoms with Crippen molar-refractivity contribution in [3.8, 4) is 0 Å². The number of halogens is 1. The Kier molecular flexibility index (Phi) is 7.75. The second kappa shape index (κ2) is 10.7. The summed E-state index contributed by atoms with van der Waals surface area (Å²) in [4.78, 5) is 47.5. The zero-order valence-corrected chi connectivity index (χ0v) is 17.7. The van der Waals surface area contributed by atoms with Gasteiger partial charge in [-0.2, -0.15) is 0 Å². The van der Waals surface area contributed by atoms with E-state index >= 15 is 0 Å². The standard InChI is InChI=1S/C23H23BFNO6/c1-14(27)5-10-21(28)26-20-11-16-3-2-4-18(19(16)12-24-20)23(30)32-13-31-22(29)15-6-8-17(25)9-7-15/h2-4,6-9,20,24H,5,10-13H2,1H3,(H,26,28). The van der Waals surface area contributed by atoms with Gasteiger partial charge >= 0.3 is 11.9 Å². The number of hydrogen-bond acceptors (Lipinski definition) is 6. The van der Waals surface area contributed by atoms with Gasteiger partial charge in [0.1, 0.15) is 11.6 Å². The summed E-state index contributed by atoms with van der Waals surface area (Å²) in [6, 6.07) is 10.1. The van der Waals surface area contributed by atoms with Crippen molar-refractivity contribution in [1.29, 1.82) is 0 Å². The lowest BCUT2D eigenvalue weighted by Gasteiger charge is -2.26. The number of esters is 2. The van der Waals surface area contributed by atoms with E-state index in [4.69, 9.17) is 9.47 Å².